The molecule has 96 valence electrons. The second-order valence-corrected chi connectivity index (χ2v) is 5.13. The number of hydrogen-bond acceptors (Lipinski definition) is 3. The Bertz CT molecular complexity index is 576. The number of rotatable bonds is 2. The molecular weight excluding hydrogens is 226 g/mol. The first-order valence-electron chi connectivity index (χ1n) is 6.46. The third-order valence-corrected chi connectivity index (χ3v) is 3.78. The van der Waals surface area contributed by atoms with E-state index in [1.807, 2.05) is 6.07 Å². The minimum atomic E-state index is 0.342. The summed E-state index contributed by atoms with van der Waals surface area (Å²) < 4.78 is 7.82. The van der Waals surface area contributed by atoms with Crippen LogP contribution in [0.1, 0.15) is 30.7 Å². The summed E-state index contributed by atoms with van der Waals surface area (Å²) in [5.74, 6) is 1.54. The highest BCUT2D eigenvalue weighted by Gasteiger charge is 2.27. The van der Waals surface area contributed by atoms with Gasteiger partial charge in [0.2, 0.25) is 0 Å². The first-order chi connectivity index (χ1) is 8.69. The number of fused-ring (bicyclic) bond motifs is 1. The normalized spacial score (nSPS) is 23.9. The summed E-state index contributed by atoms with van der Waals surface area (Å²) in [6.45, 7) is 3.47. The van der Waals surface area contributed by atoms with Gasteiger partial charge < -0.3 is 15.0 Å². The smallest absolute Gasteiger partial charge is 0.115 e. The van der Waals surface area contributed by atoms with Gasteiger partial charge in [-0.25, -0.2) is 4.98 Å². The molecule has 4 nitrogen and oxygen atoms in total. The Morgan fingerprint density at radius 2 is 2.33 bits per heavy atom. The molecule has 1 aliphatic heterocycles. The van der Waals surface area contributed by atoms with Crippen LogP contribution in [0.15, 0.2) is 18.2 Å². The van der Waals surface area contributed by atoms with Crippen LogP contribution in [0.2, 0.25) is 0 Å². The molecule has 2 unspecified atom stereocenters. The van der Waals surface area contributed by atoms with Crippen molar-refractivity contribution in [2.75, 3.05) is 6.61 Å². The third-order valence-electron chi connectivity index (χ3n) is 3.78. The van der Waals surface area contributed by atoms with Gasteiger partial charge in [-0.15, -0.1) is 0 Å². The van der Waals surface area contributed by atoms with Crippen molar-refractivity contribution in [2.45, 2.75) is 31.9 Å². The van der Waals surface area contributed by atoms with Gasteiger partial charge in [0, 0.05) is 19.5 Å². The lowest BCUT2D eigenvalue weighted by Gasteiger charge is -2.07. The molecule has 2 N–H and O–H groups in total. The summed E-state index contributed by atoms with van der Waals surface area (Å²) in [5.41, 5.74) is 9.04. The number of aromatic nitrogens is 2. The van der Waals surface area contributed by atoms with Gasteiger partial charge in [-0.2, -0.15) is 0 Å². The lowest BCUT2D eigenvalue weighted by atomic mass is 10.1. The minimum absolute atomic E-state index is 0.342. The molecule has 2 atom stereocenters. The van der Waals surface area contributed by atoms with Crippen molar-refractivity contribution in [3.8, 4) is 0 Å². The van der Waals surface area contributed by atoms with E-state index in [0.717, 1.165) is 35.4 Å². The zero-order valence-corrected chi connectivity index (χ0v) is 10.9. The van der Waals surface area contributed by atoms with Gasteiger partial charge in [0.05, 0.1) is 23.7 Å². The Labute approximate surface area is 107 Å². The van der Waals surface area contributed by atoms with E-state index in [9.17, 15) is 0 Å². The number of nitrogens with two attached hydrogens (primary N) is 1. The molecule has 2 heterocycles. The van der Waals surface area contributed by atoms with Crippen LogP contribution < -0.4 is 5.73 Å². The molecule has 1 aromatic heterocycles. The highest BCUT2D eigenvalue weighted by molar-refractivity contribution is 5.77. The Morgan fingerprint density at radius 3 is 3.00 bits per heavy atom. The van der Waals surface area contributed by atoms with Gasteiger partial charge in [0.15, 0.2) is 0 Å². The van der Waals surface area contributed by atoms with Gasteiger partial charge >= 0.3 is 0 Å². The maximum absolute atomic E-state index is 5.69. The number of ether oxygens (including phenoxy) is 1. The average molecular weight is 245 g/mol. The predicted octanol–water partition coefficient (Wildman–Crippen LogP) is 1.92. The molecule has 0 amide bonds. The van der Waals surface area contributed by atoms with E-state index in [0.29, 0.717) is 18.6 Å². The fourth-order valence-corrected chi connectivity index (χ4v) is 2.74. The number of benzene rings is 1. The molecule has 1 aliphatic rings. The molecule has 0 bridgehead atoms. The molecule has 0 saturated carbocycles. The number of nitrogens with zero attached hydrogens (tertiary/aromatic N) is 2. The molecule has 3 rings (SSSR count). The van der Waals surface area contributed by atoms with Crippen LogP contribution in [0.5, 0.6) is 0 Å². The average Bonchev–Trinajstić information content (AvgIpc) is 2.94. The maximum Gasteiger partial charge on any atom is 0.115 e. The van der Waals surface area contributed by atoms with Gasteiger partial charge in [-0.05, 0) is 31.0 Å². The standard InChI is InChI=1S/C14H19N3O/c1-9-5-11(8-18-9)14-16-12-4-3-10(7-15)6-13(12)17(14)2/h3-4,6,9,11H,5,7-8,15H2,1-2H3. The van der Waals surface area contributed by atoms with E-state index in [1.165, 1.54) is 0 Å². The summed E-state index contributed by atoms with van der Waals surface area (Å²) in [7, 11) is 2.08. The molecule has 0 spiro atoms. The van der Waals surface area contributed by atoms with Crippen LogP contribution in [-0.4, -0.2) is 22.3 Å². The summed E-state index contributed by atoms with van der Waals surface area (Å²) >= 11 is 0. The molecular formula is C14H19N3O. The highest BCUT2D eigenvalue weighted by Crippen LogP contribution is 2.30. The van der Waals surface area contributed by atoms with Gasteiger partial charge in [-0.3, -0.25) is 0 Å². The number of imidazole rings is 1. The van der Waals surface area contributed by atoms with E-state index in [-0.39, 0.29) is 0 Å². The quantitative estimate of drug-likeness (QED) is 0.879. The zero-order valence-electron chi connectivity index (χ0n) is 10.9. The van der Waals surface area contributed by atoms with Crippen molar-refractivity contribution in [2.24, 2.45) is 12.8 Å². The Balaban J connectivity index is 2.05. The van der Waals surface area contributed by atoms with Crippen molar-refractivity contribution >= 4 is 11.0 Å². The molecule has 1 saturated heterocycles. The fraction of sp³-hybridized carbons (Fsp3) is 0.500. The van der Waals surface area contributed by atoms with E-state index < -0.39 is 0 Å². The van der Waals surface area contributed by atoms with E-state index in [1.54, 1.807) is 0 Å². The summed E-state index contributed by atoms with van der Waals surface area (Å²) in [6, 6.07) is 6.23. The Hall–Kier alpha value is -1.39. The van der Waals surface area contributed by atoms with Crippen LogP contribution in [0.25, 0.3) is 11.0 Å². The van der Waals surface area contributed by atoms with Gasteiger partial charge in [0.25, 0.3) is 0 Å². The largest absolute Gasteiger partial charge is 0.378 e. The Morgan fingerprint density at radius 1 is 1.50 bits per heavy atom. The van der Waals surface area contributed by atoms with Crippen LogP contribution >= 0.6 is 0 Å². The molecule has 4 heteroatoms. The predicted molar refractivity (Wildman–Crippen MR) is 71.4 cm³/mol. The first kappa shape index (κ1) is 11.7. The van der Waals surface area contributed by atoms with Crippen molar-refractivity contribution in [1.29, 1.82) is 0 Å². The molecule has 1 fully saturated rings. The SMILES string of the molecule is CC1CC(c2nc3ccc(CN)cc3n2C)CO1. The van der Waals surface area contributed by atoms with Gasteiger partial charge in [0.1, 0.15) is 5.82 Å². The fourth-order valence-electron chi connectivity index (χ4n) is 2.74. The third kappa shape index (κ3) is 1.82. The monoisotopic (exact) mass is 245 g/mol. The lowest BCUT2D eigenvalue weighted by molar-refractivity contribution is 0.123. The second-order valence-electron chi connectivity index (χ2n) is 5.13. The Kier molecular flexibility index (Phi) is 2.84. The highest BCUT2D eigenvalue weighted by atomic mass is 16.5. The second kappa shape index (κ2) is 4.37. The number of aryl methyl sites for hydroxylation is 1. The van der Waals surface area contributed by atoms with E-state index in [2.05, 4.69) is 30.7 Å². The number of hydrogen-bond donors (Lipinski definition) is 1. The van der Waals surface area contributed by atoms with Crippen LogP contribution in [-0.2, 0) is 18.3 Å². The lowest BCUT2D eigenvalue weighted by Crippen LogP contribution is -2.06. The molecule has 2 aromatic rings. The van der Waals surface area contributed by atoms with Crippen molar-refractivity contribution < 1.29 is 4.74 Å². The van der Waals surface area contributed by atoms with Crippen molar-refractivity contribution in [1.82, 2.24) is 9.55 Å². The maximum atomic E-state index is 5.69. The molecule has 0 aliphatic carbocycles. The topological polar surface area (TPSA) is 53.1 Å². The summed E-state index contributed by atoms with van der Waals surface area (Å²) in [5, 5.41) is 0. The van der Waals surface area contributed by atoms with E-state index >= 15 is 0 Å². The molecule has 1 aromatic carbocycles. The zero-order chi connectivity index (χ0) is 12.7. The van der Waals surface area contributed by atoms with Crippen molar-refractivity contribution in [3.63, 3.8) is 0 Å². The van der Waals surface area contributed by atoms with Crippen molar-refractivity contribution in [3.05, 3.63) is 29.6 Å². The van der Waals surface area contributed by atoms with Crippen LogP contribution in [0.3, 0.4) is 0 Å². The van der Waals surface area contributed by atoms with Gasteiger partial charge in [-0.1, -0.05) is 6.07 Å². The molecule has 18 heavy (non-hydrogen) atoms. The summed E-state index contributed by atoms with van der Waals surface area (Å²) in [4.78, 5) is 4.75. The van der Waals surface area contributed by atoms with Crippen LogP contribution in [0.4, 0.5) is 0 Å². The molecule has 0 radical (unpaired) electrons. The van der Waals surface area contributed by atoms with Crippen LogP contribution in [0, 0.1) is 0 Å². The first-order valence-corrected chi connectivity index (χ1v) is 6.46. The minimum Gasteiger partial charge on any atom is -0.378 e. The van der Waals surface area contributed by atoms with E-state index in [4.69, 9.17) is 15.5 Å². The summed E-state index contributed by atoms with van der Waals surface area (Å²) in [6.07, 6.45) is 1.40.